The number of carbonyl (C=O) groups excluding carboxylic acids is 1. The molecule has 1 saturated heterocycles. The minimum absolute atomic E-state index is 0.0872. The molecule has 0 spiro atoms. The zero-order valence-electron chi connectivity index (χ0n) is 18.0. The molecule has 0 saturated carbocycles. The lowest BCUT2D eigenvalue weighted by Gasteiger charge is -2.31. The van der Waals surface area contributed by atoms with Crippen molar-refractivity contribution in [3.63, 3.8) is 0 Å². The highest BCUT2D eigenvalue weighted by molar-refractivity contribution is 7.22. The number of alkyl carbamates (subject to hydrolysis) is 1. The first-order valence-electron chi connectivity index (χ1n) is 10.5. The molecule has 1 aliphatic heterocycles. The van der Waals surface area contributed by atoms with Gasteiger partial charge in [0, 0.05) is 29.6 Å². The van der Waals surface area contributed by atoms with Gasteiger partial charge in [0.2, 0.25) is 0 Å². The summed E-state index contributed by atoms with van der Waals surface area (Å²) in [6, 6.07) is 12.0. The molecule has 0 aliphatic carbocycles. The first-order valence-corrected chi connectivity index (χ1v) is 11.7. The minimum Gasteiger partial charge on any atom is -0.441 e. The summed E-state index contributed by atoms with van der Waals surface area (Å²) in [5.41, 5.74) is 2.69. The first-order chi connectivity index (χ1) is 14.8. The van der Waals surface area contributed by atoms with Gasteiger partial charge in [0.25, 0.3) is 0 Å². The maximum absolute atomic E-state index is 12.4. The number of hydrogen-bond donors (Lipinski definition) is 1. The van der Waals surface area contributed by atoms with Crippen LogP contribution >= 0.6 is 22.9 Å². The third kappa shape index (κ3) is 5.20. The molecule has 2 unspecified atom stereocenters. The van der Waals surface area contributed by atoms with Gasteiger partial charge in [0.15, 0.2) is 0 Å². The van der Waals surface area contributed by atoms with Crippen LogP contribution in [0, 0.1) is 5.41 Å². The largest absolute Gasteiger partial charge is 0.441 e. The highest BCUT2D eigenvalue weighted by atomic mass is 35.5. The Morgan fingerprint density at radius 3 is 2.74 bits per heavy atom. The van der Waals surface area contributed by atoms with Crippen LogP contribution in [0.4, 0.5) is 4.79 Å². The number of hydrogen-bond acceptors (Lipinski definition) is 5. The van der Waals surface area contributed by atoms with Crippen molar-refractivity contribution < 1.29 is 14.3 Å². The van der Waals surface area contributed by atoms with Crippen LogP contribution in [-0.4, -0.2) is 30.3 Å². The predicted octanol–water partition coefficient (Wildman–Crippen LogP) is 6.61. The van der Waals surface area contributed by atoms with E-state index in [1.165, 1.54) is 0 Å². The van der Waals surface area contributed by atoms with Crippen LogP contribution in [0.25, 0.3) is 20.7 Å². The number of amides is 1. The van der Waals surface area contributed by atoms with Gasteiger partial charge in [0.05, 0.1) is 21.3 Å². The molecule has 2 aromatic heterocycles. The van der Waals surface area contributed by atoms with Crippen LogP contribution < -0.4 is 5.32 Å². The van der Waals surface area contributed by atoms with Crippen LogP contribution in [0.15, 0.2) is 42.6 Å². The number of aromatic nitrogens is 1. The summed E-state index contributed by atoms with van der Waals surface area (Å²) in [5.74, 6) is 0. The van der Waals surface area contributed by atoms with E-state index >= 15 is 0 Å². The Balaban J connectivity index is 1.49. The summed E-state index contributed by atoms with van der Waals surface area (Å²) in [6.07, 6.45) is 3.04. The number of carbonyl (C=O) groups is 1. The molecule has 164 valence electrons. The molecule has 1 N–H and O–H groups in total. The van der Waals surface area contributed by atoms with Crippen LogP contribution in [0.5, 0.6) is 0 Å². The molecule has 1 aromatic carbocycles. The molecule has 0 radical (unpaired) electrons. The third-order valence-electron chi connectivity index (χ3n) is 5.37. The van der Waals surface area contributed by atoms with E-state index in [2.05, 4.69) is 49.3 Å². The highest BCUT2D eigenvalue weighted by Gasteiger charge is 2.30. The number of rotatable bonds is 5. The van der Waals surface area contributed by atoms with Gasteiger partial charge in [-0.05, 0) is 36.1 Å². The van der Waals surface area contributed by atoms with Gasteiger partial charge in [-0.15, -0.1) is 11.3 Å². The van der Waals surface area contributed by atoms with Gasteiger partial charge < -0.3 is 14.8 Å². The van der Waals surface area contributed by atoms with E-state index in [-0.39, 0.29) is 17.6 Å². The zero-order valence-corrected chi connectivity index (χ0v) is 19.6. The van der Waals surface area contributed by atoms with Crippen molar-refractivity contribution in [3.8, 4) is 10.4 Å². The summed E-state index contributed by atoms with van der Waals surface area (Å²) in [5, 5.41) is 3.57. The second kappa shape index (κ2) is 9.15. The van der Waals surface area contributed by atoms with Gasteiger partial charge in [0.1, 0.15) is 6.10 Å². The molecule has 1 aliphatic rings. The molecule has 3 aromatic rings. The van der Waals surface area contributed by atoms with Crippen molar-refractivity contribution in [1.29, 1.82) is 0 Å². The molecular formula is C24H27ClN2O3S. The van der Waals surface area contributed by atoms with Crippen molar-refractivity contribution in [2.45, 2.75) is 45.8 Å². The number of ether oxygens (including phenoxy) is 2. The van der Waals surface area contributed by atoms with Crippen molar-refractivity contribution >= 4 is 39.2 Å². The van der Waals surface area contributed by atoms with E-state index in [0.717, 1.165) is 45.7 Å². The fourth-order valence-corrected chi connectivity index (χ4v) is 5.06. The average molecular weight is 459 g/mol. The molecule has 31 heavy (non-hydrogen) atoms. The maximum Gasteiger partial charge on any atom is 0.407 e. The van der Waals surface area contributed by atoms with E-state index in [9.17, 15) is 4.79 Å². The summed E-state index contributed by atoms with van der Waals surface area (Å²) in [7, 11) is 0. The SMILES string of the molecule is CC(C)(C)C(OC(=O)NCC1CCCO1)c1ccc(-c2cc3nccc(Cl)c3s2)cc1. The number of nitrogens with zero attached hydrogens (tertiary/aromatic N) is 1. The highest BCUT2D eigenvalue weighted by Crippen LogP contribution is 2.39. The topological polar surface area (TPSA) is 60.5 Å². The molecule has 4 rings (SSSR count). The second-order valence-corrected chi connectivity index (χ2v) is 10.4. The van der Waals surface area contributed by atoms with Crippen molar-refractivity contribution in [2.75, 3.05) is 13.2 Å². The Morgan fingerprint density at radius 1 is 1.32 bits per heavy atom. The Kier molecular flexibility index (Phi) is 6.51. The summed E-state index contributed by atoms with van der Waals surface area (Å²) in [4.78, 5) is 17.9. The molecule has 1 amide bonds. The molecular weight excluding hydrogens is 432 g/mol. The van der Waals surface area contributed by atoms with Gasteiger partial charge in [-0.3, -0.25) is 4.98 Å². The number of pyridine rings is 1. The second-order valence-electron chi connectivity index (χ2n) is 8.91. The normalized spacial score (nSPS) is 17.6. The standard InChI is InChI=1S/C24H27ClN2O3S/c1-24(2,3)22(30-23(28)27-14-17-5-4-12-29-17)16-8-6-15(7-9-16)20-13-19-21(31-20)18(25)10-11-26-19/h6-11,13,17,22H,4-5,12,14H2,1-3H3,(H,27,28). The van der Waals surface area contributed by atoms with Gasteiger partial charge in [-0.2, -0.15) is 0 Å². The number of benzene rings is 1. The van der Waals surface area contributed by atoms with E-state index in [1.807, 2.05) is 18.2 Å². The Morgan fingerprint density at radius 2 is 2.10 bits per heavy atom. The van der Waals surface area contributed by atoms with Crippen molar-refractivity contribution in [1.82, 2.24) is 10.3 Å². The Bertz CT molecular complexity index is 1050. The lowest BCUT2D eigenvalue weighted by atomic mass is 9.84. The molecule has 0 bridgehead atoms. The smallest absolute Gasteiger partial charge is 0.407 e. The summed E-state index contributed by atoms with van der Waals surface area (Å²) in [6.45, 7) is 7.45. The van der Waals surface area contributed by atoms with Crippen LogP contribution in [0.2, 0.25) is 5.02 Å². The van der Waals surface area contributed by atoms with Crippen LogP contribution in [0.1, 0.15) is 45.3 Å². The summed E-state index contributed by atoms with van der Waals surface area (Å²) < 4.78 is 12.4. The molecule has 2 atom stereocenters. The van der Waals surface area contributed by atoms with Gasteiger partial charge >= 0.3 is 6.09 Å². The lowest BCUT2D eigenvalue weighted by Crippen LogP contribution is -2.35. The van der Waals surface area contributed by atoms with E-state index < -0.39 is 6.09 Å². The third-order valence-corrected chi connectivity index (χ3v) is 7.01. The fourth-order valence-electron chi connectivity index (χ4n) is 3.77. The Hall–Kier alpha value is -2.15. The summed E-state index contributed by atoms with van der Waals surface area (Å²) >= 11 is 7.92. The van der Waals surface area contributed by atoms with E-state index in [1.54, 1.807) is 17.5 Å². The van der Waals surface area contributed by atoms with Gasteiger partial charge in [-0.25, -0.2) is 4.79 Å². The monoisotopic (exact) mass is 458 g/mol. The number of fused-ring (bicyclic) bond motifs is 1. The van der Waals surface area contributed by atoms with Crippen molar-refractivity contribution in [3.05, 3.63) is 53.2 Å². The maximum atomic E-state index is 12.4. The lowest BCUT2D eigenvalue weighted by molar-refractivity contribution is 0.0270. The number of thiophene rings is 1. The Labute approximate surface area is 191 Å². The van der Waals surface area contributed by atoms with E-state index in [4.69, 9.17) is 21.1 Å². The molecule has 1 fully saturated rings. The molecule has 3 heterocycles. The van der Waals surface area contributed by atoms with Gasteiger partial charge in [-0.1, -0.05) is 56.6 Å². The number of halogens is 1. The molecule has 7 heteroatoms. The first kappa shape index (κ1) is 22.1. The zero-order chi connectivity index (χ0) is 22.0. The quantitative estimate of drug-likeness (QED) is 0.467. The average Bonchev–Trinajstić information content (AvgIpc) is 3.40. The van der Waals surface area contributed by atoms with Crippen molar-refractivity contribution in [2.24, 2.45) is 5.41 Å². The van der Waals surface area contributed by atoms with E-state index in [0.29, 0.717) is 11.6 Å². The predicted molar refractivity (Wildman–Crippen MR) is 126 cm³/mol. The number of nitrogens with one attached hydrogen (secondary N) is 1. The fraction of sp³-hybridized carbons (Fsp3) is 0.417. The minimum atomic E-state index is -0.412. The molecule has 5 nitrogen and oxygen atoms in total. The van der Waals surface area contributed by atoms with Crippen LogP contribution in [-0.2, 0) is 9.47 Å². The van der Waals surface area contributed by atoms with Crippen LogP contribution in [0.3, 0.4) is 0 Å².